The number of nitrogens with two attached hydrogens (primary N) is 1. The summed E-state index contributed by atoms with van der Waals surface area (Å²) in [6.07, 6.45) is 3.82. The van der Waals surface area contributed by atoms with Gasteiger partial charge in [0, 0.05) is 19.1 Å². The van der Waals surface area contributed by atoms with E-state index in [1.807, 2.05) is 19.1 Å². The summed E-state index contributed by atoms with van der Waals surface area (Å²) in [5.74, 6) is 0. The highest BCUT2D eigenvalue weighted by Crippen LogP contribution is 1.83. The first-order chi connectivity index (χ1) is 4.85. The van der Waals surface area contributed by atoms with Crippen LogP contribution in [0.5, 0.6) is 0 Å². The van der Waals surface area contributed by atoms with Crippen molar-refractivity contribution in [3.63, 3.8) is 0 Å². The number of allylic oxidation sites excluding steroid dienone is 1. The Hall–Kier alpha value is -0.380. The van der Waals surface area contributed by atoms with Gasteiger partial charge in [0.2, 0.25) is 0 Å². The van der Waals surface area contributed by atoms with E-state index in [1.54, 1.807) is 0 Å². The summed E-state index contributed by atoms with van der Waals surface area (Å²) in [6.45, 7) is 3.40. The Bertz CT molecular complexity index is 93.6. The van der Waals surface area contributed by atoms with Gasteiger partial charge in [0.15, 0.2) is 0 Å². The van der Waals surface area contributed by atoms with Gasteiger partial charge in [0.05, 0.1) is 6.61 Å². The van der Waals surface area contributed by atoms with E-state index in [2.05, 4.69) is 5.32 Å². The van der Waals surface area contributed by atoms with Gasteiger partial charge in [-0.1, -0.05) is 12.2 Å². The third-order valence-corrected chi connectivity index (χ3v) is 1.17. The molecule has 0 heterocycles. The summed E-state index contributed by atoms with van der Waals surface area (Å²) in [5.41, 5.74) is 5.26. The molecule has 0 aliphatic heterocycles. The van der Waals surface area contributed by atoms with Gasteiger partial charge in [-0.3, -0.25) is 0 Å². The van der Waals surface area contributed by atoms with E-state index in [-0.39, 0.29) is 12.6 Å². The van der Waals surface area contributed by atoms with E-state index in [0.29, 0.717) is 6.54 Å². The quantitative estimate of drug-likeness (QED) is 0.455. The van der Waals surface area contributed by atoms with E-state index in [1.165, 1.54) is 0 Å². The molecule has 1 atom stereocenters. The van der Waals surface area contributed by atoms with E-state index in [4.69, 9.17) is 10.8 Å². The minimum Gasteiger partial charge on any atom is -0.394 e. The molecule has 0 saturated carbocycles. The molecule has 3 heteroatoms. The molecule has 0 radical (unpaired) electrons. The molecule has 0 aromatic carbocycles. The fraction of sp³-hybridized carbons (Fsp3) is 0.714. The molecule has 0 aliphatic carbocycles. The van der Waals surface area contributed by atoms with Crippen molar-refractivity contribution in [1.82, 2.24) is 5.32 Å². The highest BCUT2D eigenvalue weighted by atomic mass is 16.3. The molecule has 1 unspecified atom stereocenters. The first kappa shape index (κ1) is 9.62. The van der Waals surface area contributed by atoms with Gasteiger partial charge in [0.1, 0.15) is 0 Å². The average Bonchev–Trinajstić information content (AvgIpc) is 1.98. The summed E-state index contributed by atoms with van der Waals surface area (Å²) in [7, 11) is 0. The zero-order valence-electron chi connectivity index (χ0n) is 6.38. The number of nitrogens with one attached hydrogen (secondary N) is 1. The van der Waals surface area contributed by atoms with Crippen LogP contribution in [0.4, 0.5) is 0 Å². The molecule has 0 fully saturated rings. The van der Waals surface area contributed by atoms with Crippen LogP contribution in [0.3, 0.4) is 0 Å². The molecule has 0 bridgehead atoms. The predicted molar refractivity (Wildman–Crippen MR) is 42.7 cm³/mol. The second-order valence-corrected chi connectivity index (χ2v) is 2.06. The van der Waals surface area contributed by atoms with E-state index in [9.17, 15) is 0 Å². The normalized spacial score (nSPS) is 14.3. The molecule has 0 saturated heterocycles. The van der Waals surface area contributed by atoms with E-state index < -0.39 is 0 Å². The summed E-state index contributed by atoms with van der Waals surface area (Å²) in [6, 6.07) is 0.0635. The van der Waals surface area contributed by atoms with Crippen LogP contribution < -0.4 is 11.1 Å². The second-order valence-electron chi connectivity index (χ2n) is 2.06. The van der Waals surface area contributed by atoms with Crippen LogP contribution in [-0.4, -0.2) is 30.8 Å². The molecule has 3 nitrogen and oxygen atoms in total. The maximum atomic E-state index is 8.73. The molecule has 0 aliphatic rings. The van der Waals surface area contributed by atoms with E-state index in [0.717, 1.165) is 6.54 Å². The Morgan fingerprint density at radius 1 is 1.70 bits per heavy atom. The van der Waals surface area contributed by atoms with E-state index >= 15 is 0 Å². The Morgan fingerprint density at radius 3 is 2.80 bits per heavy atom. The molecular formula is C7H16N2O. The van der Waals surface area contributed by atoms with Crippen molar-refractivity contribution in [2.24, 2.45) is 5.73 Å². The monoisotopic (exact) mass is 144 g/mol. The average molecular weight is 144 g/mol. The minimum absolute atomic E-state index is 0.0635. The third-order valence-electron chi connectivity index (χ3n) is 1.17. The molecular weight excluding hydrogens is 128 g/mol. The fourth-order valence-electron chi connectivity index (χ4n) is 0.694. The molecule has 0 aromatic heterocycles. The SMILES string of the molecule is CC=CC(CO)NCCN. The third kappa shape index (κ3) is 4.49. The number of hydrogen-bond donors (Lipinski definition) is 3. The fourth-order valence-corrected chi connectivity index (χ4v) is 0.694. The zero-order valence-corrected chi connectivity index (χ0v) is 6.38. The Kier molecular flexibility index (Phi) is 6.48. The summed E-state index contributed by atoms with van der Waals surface area (Å²) < 4.78 is 0. The Morgan fingerprint density at radius 2 is 2.40 bits per heavy atom. The van der Waals surface area contributed by atoms with Crippen LogP contribution in [0, 0.1) is 0 Å². The lowest BCUT2D eigenvalue weighted by molar-refractivity contribution is 0.265. The van der Waals surface area contributed by atoms with Crippen molar-refractivity contribution in [3.8, 4) is 0 Å². The van der Waals surface area contributed by atoms with Crippen LogP contribution in [0.25, 0.3) is 0 Å². The van der Waals surface area contributed by atoms with Gasteiger partial charge in [-0.25, -0.2) is 0 Å². The first-order valence-electron chi connectivity index (χ1n) is 3.52. The highest BCUT2D eigenvalue weighted by Gasteiger charge is 1.97. The van der Waals surface area contributed by atoms with Crippen LogP contribution >= 0.6 is 0 Å². The van der Waals surface area contributed by atoms with Crippen LogP contribution in [-0.2, 0) is 0 Å². The number of rotatable bonds is 5. The van der Waals surface area contributed by atoms with Crippen LogP contribution in [0.15, 0.2) is 12.2 Å². The number of aliphatic hydroxyl groups excluding tert-OH is 1. The smallest absolute Gasteiger partial charge is 0.0620 e. The second kappa shape index (κ2) is 6.74. The maximum Gasteiger partial charge on any atom is 0.0620 e. The van der Waals surface area contributed by atoms with Gasteiger partial charge >= 0.3 is 0 Å². The molecule has 60 valence electrons. The molecule has 0 aromatic rings. The van der Waals surface area contributed by atoms with Crippen molar-refractivity contribution in [2.75, 3.05) is 19.7 Å². The lowest BCUT2D eigenvalue weighted by atomic mass is 10.3. The standard InChI is InChI=1S/C7H16N2O/c1-2-3-7(6-10)9-5-4-8/h2-3,7,9-10H,4-6,8H2,1H3. The van der Waals surface area contributed by atoms with Gasteiger partial charge in [0.25, 0.3) is 0 Å². The summed E-state index contributed by atoms with van der Waals surface area (Å²) >= 11 is 0. The lowest BCUT2D eigenvalue weighted by Gasteiger charge is -2.09. The molecule has 0 amide bonds. The molecule has 0 spiro atoms. The molecule has 0 rings (SSSR count). The lowest BCUT2D eigenvalue weighted by Crippen LogP contribution is -2.34. The predicted octanol–water partition coefficient (Wildman–Crippen LogP) is -0.528. The van der Waals surface area contributed by atoms with Crippen molar-refractivity contribution >= 4 is 0 Å². The summed E-state index contributed by atoms with van der Waals surface area (Å²) in [5, 5.41) is 11.8. The van der Waals surface area contributed by atoms with Crippen molar-refractivity contribution < 1.29 is 5.11 Å². The first-order valence-corrected chi connectivity index (χ1v) is 3.52. The van der Waals surface area contributed by atoms with Gasteiger partial charge in [-0.2, -0.15) is 0 Å². The summed E-state index contributed by atoms with van der Waals surface area (Å²) in [4.78, 5) is 0. The van der Waals surface area contributed by atoms with Crippen LogP contribution in [0.2, 0.25) is 0 Å². The van der Waals surface area contributed by atoms with Gasteiger partial charge in [-0.05, 0) is 6.92 Å². The highest BCUT2D eigenvalue weighted by molar-refractivity contribution is 4.90. The number of aliphatic hydroxyl groups is 1. The Balaban J connectivity index is 3.39. The topological polar surface area (TPSA) is 58.3 Å². The van der Waals surface area contributed by atoms with Crippen molar-refractivity contribution in [1.29, 1.82) is 0 Å². The molecule has 4 N–H and O–H groups in total. The Labute approximate surface area is 61.9 Å². The van der Waals surface area contributed by atoms with Gasteiger partial charge in [-0.15, -0.1) is 0 Å². The van der Waals surface area contributed by atoms with Gasteiger partial charge < -0.3 is 16.2 Å². The van der Waals surface area contributed by atoms with Crippen molar-refractivity contribution in [2.45, 2.75) is 13.0 Å². The maximum absolute atomic E-state index is 8.73. The molecule has 10 heavy (non-hydrogen) atoms. The van der Waals surface area contributed by atoms with Crippen LogP contribution in [0.1, 0.15) is 6.92 Å². The largest absolute Gasteiger partial charge is 0.394 e. The minimum atomic E-state index is 0.0635. The number of hydrogen-bond acceptors (Lipinski definition) is 3. The van der Waals surface area contributed by atoms with Crippen molar-refractivity contribution in [3.05, 3.63) is 12.2 Å². The zero-order chi connectivity index (χ0) is 7.82.